The Balaban J connectivity index is 2.29. The van der Waals surface area contributed by atoms with Crippen molar-refractivity contribution >= 4 is 12.6 Å². The average Bonchev–Trinajstić information content (AvgIpc) is 2.91. The van der Waals surface area contributed by atoms with E-state index in [-0.39, 0.29) is 34.6 Å². The third-order valence-corrected chi connectivity index (χ3v) is 6.05. The normalized spacial score (nSPS) is 13.7. The lowest BCUT2D eigenvalue weighted by Crippen LogP contribution is -2.69. The Hall–Kier alpha value is -3.91. The van der Waals surface area contributed by atoms with Gasteiger partial charge in [-0.1, -0.05) is 60.7 Å². The van der Waals surface area contributed by atoms with Crippen molar-refractivity contribution in [3.8, 4) is 22.3 Å². The van der Waals surface area contributed by atoms with Gasteiger partial charge in [0.05, 0.1) is 0 Å². The molecule has 0 N–H and O–H groups in total. The van der Waals surface area contributed by atoms with Crippen LogP contribution in [0, 0.1) is 0 Å². The van der Waals surface area contributed by atoms with E-state index in [1.807, 2.05) is 0 Å². The van der Waals surface area contributed by atoms with Crippen molar-refractivity contribution in [3.63, 3.8) is 0 Å². The molecule has 3 rings (SSSR count). The van der Waals surface area contributed by atoms with Crippen LogP contribution in [-0.4, -0.2) is 42.4 Å². The van der Waals surface area contributed by atoms with E-state index in [1.165, 1.54) is 12.1 Å². The van der Waals surface area contributed by atoms with Crippen molar-refractivity contribution in [2.24, 2.45) is 0 Å². The molecule has 0 heterocycles. The topological polar surface area (TPSA) is 34.1 Å². The first-order chi connectivity index (χ1) is 18.7. The van der Waals surface area contributed by atoms with E-state index in [0.717, 1.165) is 36.4 Å². The number of carbonyl (C=O) groups excluding carboxylic acids is 2. The van der Waals surface area contributed by atoms with Gasteiger partial charge in [-0.25, -0.2) is 0 Å². The first-order valence-electron chi connectivity index (χ1n) is 10.9. The van der Waals surface area contributed by atoms with Crippen molar-refractivity contribution < 1.29 is 66.7 Å². The molecule has 0 saturated carbocycles. The summed E-state index contributed by atoms with van der Waals surface area (Å²) in [5.41, 5.74) is -4.33. The molecule has 0 atom stereocenters. The van der Waals surface area contributed by atoms with E-state index in [4.69, 9.17) is 0 Å². The molecular weight excluding hydrogens is 591 g/mol. The highest BCUT2D eigenvalue weighted by Gasteiger charge is 2.91. The third kappa shape index (κ3) is 4.74. The molecule has 0 aliphatic rings. The minimum absolute atomic E-state index is 0.0542. The lowest BCUT2D eigenvalue weighted by Gasteiger charge is -2.40. The van der Waals surface area contributed by atoms with Crippen molar-refractivity contribution in [1.82, 2.24) is 0 Å². The first-order valence-corrected chi connectivity index (χ1v) is 10.9. The van der Waals surface area contributed by atoms with Gasteiger partial charge in [-0.2, -0.15) is 57.1 Å². The molecule has 41 heavy (non-hydrogen) atoms. The summed E-state index contributed by atoms with van der Waals surface area (Å²) in [6.07, 6.45) is -6.93. The predicted molar refractivity (Wildman–Crippen MR) is 118 cm³/mol. The SMILES string of the molecule is O=Cc1ccc(C=O)c(-c2ccccc2-c2ccccc2C(F)(F)C(F)(F)C(F)(F)C(F)(F)C(F)(F)C(F)(F)F)c1. The maximum absolute atomic E-state index is 15.2. The van der Waals surface area contributed by atoms with Gasteiger partial charge in [0, 0.05) is 16.7 Å². The summed E-state index contributed by atoms with van der Waals surface area (Å²) in [5, 5.41) is 0. The zero-order valence-electron chi connectivity index (χ0n) is 19.7. The van der Waals surface area contributed by atoms with Crippen molar-refractivity contribution in [2.45, 2.75) is 35.8 Å². The van der Waals surface area contributed by atoms with Crippen LogP contribution < -0.4 is 0 Å². The third-order valence-electron chi connectivity index (χ3n) is 6.05. The standard InChI is InChI=1S/C26H13F13O2/c27-21(28,22(29,30)23(31,32)24(33,34)25(35,36)26(37,38)39)20-8-4-3-7-18(20)16-5-1-2-6-17(16)19-11-14(12-40)9-10-15(19)13-41/h1-13H. The van der Waals surface area contributed by atoms with Crippen LogP contribution in [0.5, 0.6) is 0 Å². The Morgan fingerprint density at radius 2 is 0.927 bits per heavy atom. The quantitative estimate of drug-likeness (QED) is 0.181. The van der Waals surface area contributed by atoms with Crippen LogP contribution in [0.1, 0.15) is 26.3 Å². The highest BCUT2D eigenvalue weighted by Crippen LogP contribution is 2.62. The molecule has 0 spiro atoms. The number of hydrogen-bond donors (Lipinski definition) is 0. The van der Waals surface area contributed by atoms with Gasteiger partial charge in [0.15, 0.2) is 6.29 Å². The predicted octanol–water partition coefficient (Wildman–Crippen LogP) is 8.84. The molecule has 0 unspecified atom stereocenters. The molecule has 3 aromatic carbocycles. The molecule has 2 nitrogen and oxygen atoms in total. The molecule has 0 aliphatic heterocycles. The summed E-state index contributed by atoms with van der Waals surface area (Å²) in [5.74, 6) is -37.9. The van der Waals surface area contributed by atoms with Gasteiger partial charge in [0.1, 0.15) is 6.29 Å². The number of carbonyl (C=O) groups is 2. The minimum atomic E-state index is -8.04. The Labute approximate surface area is 221 Å². The number of alkyl halides is 13. The second-order valence-electron chi connectivity index (χ2n) is 8.54. The van der Waals surface area contributed by atoms with Crippen molar-refractivity contribution in [3.05, 3.63) is 83.4 Å². The number of hydrogen-bond acceptors (Lipinski definition) is 2. The van der Waals surface area contributed by atoms with Crippen molar-refractivity contribution in [2.75, 3.05) is 0 Å². The van der Waals surface area contributed by atoms with Crippen LogP contribution in [0.25, 0.3) is 22.3 Å². The van der Waals surface area contributed by atoms with E-state index in [1.54, 1.807) is 0 Å². The van der Waals surface area contributed by atoms with Gasteiger partial charge in [0.2, 0.25) is 0 Å². The Morgan fingerprint density at radius 1 is 0.463 bits per heavy atom. The van der Waals surface area contributed by atoms with Gasteiger partial charge in [-0.05, 0) is 28.3 Å². The molecule has 0 aliphatic carbocycles. The van der Waals surface area contributed by atoms with Crippen LogP contribution in [0.4, 0.5) is 57.1 Å². The van der Waals surface area contributed by atoms with Gasteiger partial charge in [0.25, 0.3) is 0 Å². The van der Waals surface area contributed by atoms with E-state index < -0.39 is 52.5 Å². The summed E-state index contributed by atoms with van der Waals surface area (Å²) >= 11 is 0. The zero-order chi connectivity index (χ0) is 31.2. The average molecular weight is 604 g/mol. The summed E-state index contributed by atoms with van der Waals surface area (Å²) < 4.78 is 180. The molecule has 0 aromatic heterocycles. The molecule has 15 heteroatoms. The lowest BCUT2D eigenvalue weighted by molar-refractivity contribution is -0.441. The minimum Gasteiger partial charge on any atom is -0.298 e. The fourth-order valence-electron chi connectivity index (χ4n) is 3.87. The second kappa shape index (κ2) is 10.2. The van der Waals surface area contributed by atoms with Gasteiger partial charge in [-0.3, -0.25) is 9.59 Å². The first kappa shape index (κ1) is 31.6. The van der Waals surface area contributed by atoms with E-state index in [9.17, 15) is 57.9 Å². The summed E-state index contributed by atoms with van der Waals surface area (Å²) in [6.45, 7) is 0. The number of aldehydes is 2. The highest BCUT2D eigenvalue weighted by molar-refractivity contribution is 5.95. The highest BCUT2D eigenvalue weighted by atomic mass is 19.4. The molecule has 0 fully saturated rings. The number of rotatable bonds is 9. The van der Waals surface area contributed by atoms with E-state index in [0.29, 0.717) is 18.4 Å². The van der Waals surface area contributed by atoms with Crippen LogP contribution in [0.3, 0.4) is 0 Å². The fraction of sp³-hybridized carbons (Fsp3) is 0.231. The van der Waals surface area contributed by atoms with Gasteiger partial charge < -0.3 is 0 Å². The molecule has 0 saturated heterocycles. The van der Waals surface area contributed by atoms with Crippen LogP contribution in [0.2, 0.25) is 0 Å². The largest absolute Gasteiger partial charge is 0.460 e. The molecule has 3 aromatic rings. The van der Waals surface area contributed by atoms with Crippen LogP contribution in [-0.2, 0) is 5.92 Å². The van der Waals surface area contributed by atoms with E-state index >= 15 is 8.78 Å². The van der Waals surface area contributed by atoms with Gasteiger partial charge >= 0.3 is 35.8 Å². The number of benzene rings is 3. The van der Waals surface area contributed by atoms with Crippen LogP contribution in [0.15, 0.2) is 66.7 Å². The summed E-state index contributed by atoms with van der Waals surface area (Å²) in [4.78, 5) is 22.8. The molecule has 0 amide bonds. The fourth-order valence-corrected chi connectivity index (χ4v) is 3.87. The maximum Gasteiger partial charge on any atom is 0.460 e. The zero-order valence-corrected chi connectivity index (χ0v) is 19.7. The Bertz CT molecular complexity index is 1460. The molecule has 0 radical (unpaired) electrons. The smallest absolute Gasteiger partial charge is 0.298 e. The van der Waals surface area contributed by atoms with Gasteiger partial charge in [-0.15, -0.1) is 0 Å². The molecular formula is C26H13F13O2. The monoisotopic (exact) mass is 604 g/mol. The Morgan fingerprint density at radius 3 is 1.41 bits per heavy atom. The Kier molecular flexibility index (Phi) is 7.85. The molecule has 0 bridgehead atoms. The van der Waals surface area contributed by atoms with Crippen LogP contribution >= 0.6 is 0 Å². The number of halogens is 13. The van der Waals surface area contributed by atoms with E-state index in [2.05, 4.69) is 0 Å². The summed E-state index contributed by atoms with van der Waals surface area (Å²) in [7, 11) is 0. The van der Waals surface area contributed by atoms with Crippen molar-refractivity contribution in [1.29, 1.82) is 0 Å². The molecule has 220 valence electrons. The summed E-state index contributed by atoms with van der Waals surface area (Å²) in [6, 6.07) is 10.0. The maximum atomic E-state index is 15.2. The lowest BCUT2D eigenvalue weighted by atomic mass is 9.84. The second-order valence-corrected chi connectivity index (χ2v) is 8.54.